The summed E-state index contributed by atoms with van der Waals surface area (Å²) in [5.74, 6) is -1.57. The molecule has 100 valence electrons. The standard InChI is InChI=1S/C15H14F3N/c1-19-15(12-4-2-3-5-13(12)17)8-10-6-7-11(16)9-14(10)18/h2-7,9,15,19H,8H2,1H3. The Hall–Kier alpha value is -1.81. The molecule has 2 rings (SSSR count). The number of nitrogens with one attached hydrogen (secondary N) is 1. The smallest absolute Gasteiger partial charge is 0.129 e. The predicted molar refractivity (Wildman–Crippen MR) is 68.3 cm³/mol. The fourth-order valence-electron chi connectivity index (χ4n) is 2.03. The summed E-state index contributed by atoms with van der Waals surface area (Å²) in [6.07, 6.45) is 0.254. The second-order valence-electron chi connectivity index (χ2n) is 4.30. The molecule has 0 aliphatic heterocycles. The zero-order valence-corrected chi connectivity index (χ0v) is 10.5. The van der Waals surface area contributed by atoms with Gasteiger partial charge in [-0.15, -0.1) is 0 Å². The molecule has 0 aliphatic rings. The van der Waals surface area contributed by atoms with E-state index < -0.39 is 11.6 Å². The third-order valence-electron chi connectivity index (χ3n) is 3.07. The van der Waals surface area contributed by atoms with Gasteiger partial charge in [-0.2, -0.15) is 0 Å². The van der Waals surface area contributed by atoms with Crippen molar-refractivity contribution in [3.05, 3.63) is 71.0 Å². The Morgan fingerprint density at radius 2 is 1.74 bits per heavy atom. The Morgan fingerprint density at radius 3 is 2.37 bits per heavy atom. The Bertz CT molecular complexity index is 569. The molecule has 1 nitrogen and oxygen atoms in total. The van der Waals surface area contributed by atoms with Gasteiger partial charge in [-0.3, -0.25) is 0 Å². The molecule has 0 saturated carbocycles. The van der Waals surface area contributed by atoms with Gasteiger partial charge in [0, 0.05) is 17.7 Å². The van der Waals surface area contributed by atoms with Crippen LogP contribution in [0.5, 0.6) is 0 Å². The fourth-order valence-corrected chi connectivity index (χ4v) is 2.03. The summed E-state index contributed by atoms with van der Waals surface area (Å²) in [6.45, 7) is 0. The lowest BCUT2D eigenvalue weighted by Crippen LogP contribution is -2.20. The number of hydrogen-bond acceptors (Lipinski definition) is 1. The lowest BCUT2D eigenvalue weighted by atomic mass is 9.98. The van der Waals surface area contributed by atoms with Gasteiger partial charge in [0.2, 0.25) is 0 Å². The molecular weight excluding hydrogens is 251 g/mol. The van der Waals surface area contributed by atoms with Crippen molar-refractivity contribution < 1.29 is 13.2 Å². The van der Waals surface area contributed by atoms with E-state index in [-0.39, 0.29) is 18.3 Å². The van der Waals surface area contributed by atoms with Crippen molar-refractivity contribution >= 4 is 0 Å². The van der Waals surface area contributed by atoms with E-state index in [2.05, 4.69) is 5.32 Å². The molecule has 0 spiro atoms. The third-order valence-corrected chi connectivity index (χ3v) is 3.07. The first-order valence-corrected chi connectivity index (χ1v) is 5.97. The van der Waals surface area contributed by atoms with Crippen molar-refractivity contribution in [2.45, 2.75) is 12.5 Å². The zero-order chi connectivity index (χ0) is 13.8. The lowest BCUT2D eigenvalue weighted by molar-refractivity contribution is 0.515. The minimum absolute atomic E-state index is 0.254. The number of benzene rings is 2. The van der Waals surface area contributed by atoms with Gasteiger partial charge in [-0.25, -0.2) is 13.2 Å². The second-order valence-corrected chi connectivity index (χ2v) is 4.30. The highest BCUT2D eigenvalue weighted by Crippen LogP contribution is 2.22. The summed E-state index contributed by atoms with van der Waals surface area (Å²) in [7, 11) is 1.68. The number of rotatable bonds is 4. The molecule has 1 N–H and O–H groups in total. The van der Waals surface area contributed by atoms with Gasteiger partial charge >= 0.3 is 0 Å². The van der Waals surface area contributed by atoms with Crippen molar-refractivity contribution in [1.29, 1.82) is 0 Å². The van der Waals surface area contributed by atoms with Crippen LogP contribution in [0.2, 0.25) is 0 Å². The molecule has 0 amide bonds. The highest BCUT2D eigenvalue weighted by Gasteiger charge is 2.16. The van der Waals surface area contributed by atoms with Gasteiger partial charge in [-0.1, -0.05) is 24.3 Å². The maximum atomic E-state index is 13.7. The summed E-state index contributed by atoms with van der Waals surface area (Å²) >= 11 is 0. The minimum Gasteiger partial charge on any atom is -0.313 e. The minimum atomic E-state index is -0.617. The maximum Gasteiger partial charge on any atom is 0.129 e. The summed E-state index contributed by atoms with van der Waals surface area (Å²) < 4.78 is 40.1. The molecule has 0 aromatic heterocycles. The topological polar surface area (TPSA) is 12.0 Å². The maximum absolute atomic E-state index is 13.7. The van der Waals surface area contributed by atoms with E-state index in [4.69, 9.17) is 0 Å². The predicted octanol–water partition coefficient (Wildman–Crippen LogP) is 3.61. The third kappa shape index (κ3) is 3.15. The second kappa shape index (κ2) is 5.89. The summed E-state index contributed by atoms with van der Waals surface area (Å²) in [6, 6.07) is 9.40. The van der Waals surface area contributed by atoms with Crippen LogP contribution in [0.4, 0.5) is 13.2 Å². The van der Waals surface area contributed by atoms with E-state index in [1.807, 2.05) is 0 Å². The molecule has 19 heavy (non-hydrogen) atoms. The fraction of sp³-hybridized carbons (Fsp3) is 0.200. The van der Waals surface area contributed by atoms with Gasteiger partial charge < -0.3 is 5.32 Å². The average molecular weight is 265 g/mol. The molecule has 0 saturated heterocycles. The van der Waals surface area contributed by atoms with Crippen LogP contribution in [0.1, 0.15) is 17.2 Å². The van der Waals surface area contributed by atoms with E-state index in [1.54, 1.807) is 25.2 Å². The molecule has 4 heteroatoms. The van der Waals surface area contributed by atoms with Crippen molar-refractivity contribution in [2.75, 3.05) is 7.05 Å². The van der Waals surface area contributed by atoms with E-state index in [1.165, 1.54) is 18.2 Å². The van der Waals surface area contributed by atoms with Crippen LogP contribution in [-0.4, -0.2) is 7.05 Å². The lowest BCUT2D eigenvalue weighted by Gasteiger charge is -2.17. The molecule has 0 heterocycles. The Kier molecular flexibility index (Phi) is 4.22. The highest BCUT2D eigenvalue weighted by molar-refractivity contribution is 5.26. The Morgan fingerprint density at radius 1 is 1.00 bits per heavy atom. The quantitative estimate of drug-likeness (QED) is 0.890. The van der Waals surface area contributed by atoms with Crippen molar-refractivity contribution in [2.24, 2.45) is 0 Å². The van der Waals surface area contributed by atoms with Crippen LogP contribution < -0.4 is 5.32 Å². The molecule has 1 atom stereocenters. The molecule has 0 aliphatic carbocycles. The molecule has 0 bridgehead atoms. The molecular formula is C15H14F3N. The first kappa shape index (κ1) is 13.6. The van der Waals surface area contributed by atoms with E-state index in [9.17, 15) is 13.2 Å². The van der Waals surface area contributed by atoms with Gasteiger partial charge in [0.15, 0.2) is 0 Å². The average Bonchev–Trinajstić information content (AvgIpc) is 2.39. The number of likely N-dealkylation sites (N-methyl/N-ethyl adjacent to an activating group) is 1. The Balaban J connectivity index is 2.27. The van der Waals surface area contributed by atoms with Gasteiger partial charge in [0.05, 0.1) is 0 Å². The molecule has 0 fully saturated rings. The van der Waals surface area contributed by atoms with Gasteiger partial charge in [0.1, 0.15) is 17.5 Å². The number of hydrogen-bond donors (Lipinski definition) is 1. The first-order valence-electron chi connectivity index (χ1n) is 5.97. The largest absolute Gasteiger partial charge is 0.313 e. The summed E-state index contributed by atoms with van der Waals surface area (Å²) in [5, 5.41) is 2.95. The summed E-state index contributed by atoms with van der Waals surface area (Å²) in [4.78, 5) is 0. The SMILES string of the molecule is CNC(Cc1ccc(F)cc1F)c1ccccc1F. The van der Waals surface area contributed by atoms with Crippen LogP contribution in [0.3, 0.4) is 0 Å². The molecule has 1 unspecified atom stereocenters. The monoisotopic (exact) mass is 265 g/mol. The molecule has 0 radical (unpaired) electrons. The first-order chi connectivity index (χ1) is 9.11. The number of halogens is 3. The zero-order valence-electron chi connectivity index (χ0n) is 10.5. The van der Waals surface area contributed by atoms with Crippen molar-refractivity contribution in [3.8, 4) is 0 Å². The van der Waals surface area contributed by atoms with Crippen LogP contribution >= 0.6 is 0 Å². The van der Waals surface area contributed by atoms with Crippen LogP contribution in [0, 0.1) is 17.5 Å². The van der Waals surface area contributed by atoms with Crippen LogP contribution in [-0.2, 0) is 6.42 Å². The van der Waals surface area contributed by atoms with Gasteiger partial charge in [0.25, 0.3) is 0 Å². The van der Waals surface area contributed by atoms with Gasteiger partial charge in [-0.05, 0) is 31.2 Å². The van der Waals surface area contributed by atoms with E-state index in [0.29, 0.717) is 11.1 Å². The van der Waals surface area contributed by atoms with Crippen molar-refractivity contribution in [1.82, 2.24) is 5.32 Å². The highest BCUT2D eigenvalue weighted by atomic mass is 19.1. The van der Waals surface area contributed by atoms with Crippen LogP contribution in [0.25, 0.3) is 0 Å². The Labute approximate surface area is 110 Å². The van der Waals surface area contributed by atoms with Crippen LogP contribution in [0.15, 0.2) is 42.5 Å². The molecule has 2 aromatic rings. The van der Waals surface area contributed by atoms with E-state index in [0.717, 1.165) is 6.07 Å². The molecule has 2 aromatic carbocycles. The summed E-state index contributed by atoms with van der Waals surface area (Å²) in [5.41, 5.74) is 0.817. The normalized spacial score (nSPS) is 12.4. The van der Waals surface area contributed by atoms with E-state index >= 15 is 0 Å². The van der Waals surface area contributed by atoms with Crippen molar-refractivity contribution in [3.63, 3.8) is 0 Å².